The van der Waals surface area contributed by atoms with Gasteiger partial charge in [-0.1, -0.05) is 41.4 Å². The maximum atomic E-state index is 12.8. The van der Waals surface area contributed by atoms with Crippen molar-refractivity contribution >= 4 is 34.9 Å². The number of rotatable bonds is 9. The number of benzene rings is 2. The van der Waals surface area contributed by atoms with Crippen LogP contribution in [0.4, 0.5) is 14.5 Å². The Hall–Kier alpha value is -3.10. The molecule has 0 saturated carbocycles. The lowest BCUT2D eigenvalue weighted by atomic mass is 10.1. The van der Waals surface area contributed by atoms with Crippen LogP contribution in [0.2, 0.25) is 10.0 Å². The van der Waals surface area contributed by atoms with Crippen LogP contribution in [0.15, 0.2) is 59.4 Å². The average Bonchev–Trinajstić information content (AvgIpc) is 2.79. The van der Waals surface area contributed by atoms with Gasteiger partial charge >= 0.3 is 12.6 Å². The summed E-state index contributed by atoms with van der Waals surface area (Å²) >= 11 is 12.5. The predicted molar refractivity (Wildman–Crippen MR) is 136 cm³/mol. The molecular formula is C26H26Cl2F2N2O4. The molecule has 0 amide bonds. The molecule has 0 aliphatic heterocycles. The summed E-state index contributed by atoms with van der Waals surface area (Å²) in [6.45, 7) is 2.88. The van der Waals surface area contributed by atoms with Gasteiger partial charge in [-0.3, -0.25) is 4.79 Å². The van der Waals surface area contributed by atoms with Gasteiger partial charge in [-0.25, -0.2) is 4.79 Å². The summed E-state index contributed by atoms with van der Waals surface area (Å²) in [5.74, 6) is -0.410. The third-order valence-electron chi connectivity index (χ3n) is 5.04. The molecule has 0 radical (unpaired) electrons. The number of pyridine rings is 1. The number of aryl methyl sites for hydroxylation is 1. The van der Waals surface area contributed by atoms with Crippen molar-refractivity contribution in [1.82, 2.24) is 4.57 Å². The van der Waals surface area contributed by atoms with Crippen molar-refractivity contribution in [2.24, 2.45) is 0 Å². The Morgan fingerprint density at radius 2 is 1.75 bits per heavy atom. The van der Waals surface area contributed by atoms with E-state index in [1.165, 1.54) is 22.8 Å². The first-order valence-electron chi connectivity index (χ1n) is 11.1. The van der Waals surface area contributed by atoms with E-state index in [0.717, 1.165) is 5.56 Å². The van der Waals surface area contributed by atoms with E-state index in [1.807, 2.05) is 0 Å². The Labute approximate surface area is 217 Å². The van der Waals surface area contributed by atoms with E-state index in [0.29, 0.717) is 23.4 Å². The molecule has 3 aromatic rings. The van der Waals surface area contributed by atoms with Crippen molar-refractivity contribution in [3.63, 3.8) is 0 Å². The second-order valence-electron chi connectivity index (χ2n) is 8.95. The minimum Gasteiger partial charge on any atom is -0.456 e. The summed E-state index contributed by atoms with van der Waals surface area (Å²) in [7, 11) is 0. The Morgan fingerprint density at radius 3 is 2.39 bits per heavy atom. The number of esters is 1. The van der Waals surface area contributed by atoms with Crippen LogP contribution in [-0.4, -0.2) is 22.7 Å². The second-order valence-corrected chi connectivity index (χ2v) is 9.77. The molecule has 1 aromatic heterocycles. The minimum atomic E-state index is -2.94. The standard InChI is InChI=1S/C26H26Cl2F2N2O4/c1-26(2,3)36-24(34)17-9-7-16(8-10-17)11-12-32-22(20(27)14-21(28)23(32)33)15-31-18-5-4-6-19(13-18)35-25(29)30/h4-10,13-14,25,31H,11-12,15H2,1-3H3. The zero-order chi connectivity index (χ0) is 26.5. The van der Waals surface area contributed by atoms with Crippen LogP contribution in [0.25, 0.3) is 0 Å². The van der Waals surface area contributed by atoms with Gasteiger partial charge in [0, 0.05) is 18.3 Å². The van der Waals surface area contributed by atoms with Crippen LogP contribution in [0.5, 0.6) is 5.75 Å². The Morgan fingerprint density at radius 1 is 1.06 bits per heavy atom. The predicted octanol–water partition coefficient (Wildman–Crippen LogP) is 6.57. The van der Waals surface area contributed by atoms with Crippen LogP contribution >= 0.6 is 23.2 Å². The summed E-state index contributed by atoms with van der Waals surface area (Å²) in [6.07, 6.45) is 0.468. The van der Waals surface area contributed by atoms with Gasteiger partial charge in [-0.05, 0) is 63.1 Å². The van der Waals surface area contributed by atoms with Gasteiger partial charge in [0.15, 0.2) is 0 Å². The fourth-order valence-corrected chi connectivity index (χ4v) is 3.95. The van der Waals surface area contributed by atoms with E-state index in [9.17, 15) is 18.4 Å². The second kappa shape index (κ2) is 11.8. The molecule has 1 heterocycles. The number of alkyl halides is 2. The smallest absolute Gasteiger partial charge is 0.387 e. The fourth-order valence-electron chi connectivity index (χ4n) is 3.41. The van der Waals surface area contributed by atoms with E-state index in [1.54, 1.807) is 57.2 Å². The summed E-state index contributed by atoms with van der Waals surface area (Å²) < 4.78 is 36.3. The molecule has 2 aromatic carbocycles. The molecule has 0 atom stereocenters. The average molecular weight is 539 g/mol. The van der Waals surface area contributed by atoms with Gasteiger partial charge in [-0.2, -0.15) is 8.78 Å². The normalized spacial score (nSPS) is 11.4. The molecule has 0 bridgehead atoms. The van der Waals surface area contributed by atoms with E-state index in [-0.39, 0.29) is 28.9 Å². The molecule has 0 fully saturated rings. The highest BCUT2D eigenvalue weighted by Gasteiger charge is 2.18. The molecular weight excluding hydrogens is 513 g/mol. The summed E-state index contributed by atoms with van der Waals surface area (Å²) in [5.41, 5.74) is 1.32. The van der Waals surface area contributed by atoms with Crippen molar-refractivity contribution in [2.75, 3.05) is 5.32 Å². The first kappa shape index (κ1) is 27.5. The van der Waals surface area contributed by atoms with Gasteiger partial charge < -0.3 is 19.4 Å². The Bertz CT molecular complexity index is 1270. The zero-order valence-corrected chi connectivity index (χ0v) is 21.5. The van der Waals surface area contributed by atoms with Crippen molar-refractivity contribution in [1.29, 1.82) is 0 Å². The van der Waals surface area contributed by atoms with Gasteiger partial charge in [-0.15, -0.1) is 0 Å². The molecule has 0 aliphatic rings. The van der Waals surface area contributed by atoms with Crippen LogP contribution < -0.4 is 15.6 Å². The molecule has 1 N–H and O–H groups in total. The largest absolute Gasteiger partial charge is 0.456 e. The maximum absolute atomic E-state index is 12.8. The van der Waals surface area contributed by atoms with Gasteiger partial charge in [0.1, 0.15) is 16.4 Å². The highest BCUT2D eigenvalue weighted by Crippen LogP contribution is 2.23. The summed E-state index contributed by atoms with van der Waals surface area (Å²) in [5, 5.41) is 3.34. The third-order valence-corrected chi connectivity index (χ3v) is 5.63. The number of anilines is 1. The molecule has 10 heteroatoms. The molecule has 192 valence electrons. The highest BCUT2D eigenvalue weighted by atomic mass is 35.5. The van der Waals surface area contributed by atoms with E-state index in [2.05, 4.69) is 10.1 Å². The number of nitrogens with one attached hydrogen (secondary N) is 1. The van der Waals surface area contributed by atoms with Crippen LogP contribution in [0, 0.1) is 0 Å². The number of ether oxygens (including phenoxy) is 2. The monoisotopic (exact) mass is 538 g/mol. The number of aromatic nitrogens is 1. The number of halogens is 4. The molecule has 0 saturated heterocycles. The van der Waals surface area contributed by atoms with Crippen molar-refractivity contribution < 1.29 is 23.0 Å². The van der Waals surface area contributed by atoms with Gasteiger partial charge in [0.2, 0.25) is 0 Å². The Balaban J connectivity index is 1.75. The molecule has 0 aliphatic carbocycles. The summed E-state index contributed by atoms with van der Waals surface area (Å²) in [6, 6.07) is 14.4. The summed E-state index contributed by atoms with van der Waals surface area (Å²) in [4.78, 5) is 25.0. The number of hydrogen-bond acceptors (Lipinski definition) is 5. The lowest BCUT2D eigenvalue weighted by molar-refractivity contribution is -0.0498. The van der Waals surface area contributed by atoms with Crippen LogP contribution in [0.3, 0.4) is 0 Å². The van der Waals surface area contributed by atoms with E-state index < -0.39 is 23.7 Å². The SMILES string of the molecule is CC(C)(C)OC(=O)c1ccc(CCn2c(CNc3cccc(OC(F)F)c3)c(Cl)cc(Cl)c2=O)cc1. The molecule has 0 unspecified atom stereocenters. The van der Waals surface area contributed by atoms with Gasteiger partial charge in [0.05, 0.1) is 22.8 Å². The lowest BCUT2D eigenvalue weighted by Crippen LogP contribution is -2.26. The number of carbonyl (C=O) groups is 1. The van der Waals surface area contributed by atoms with Crippen molar-refractivity contribution in [3.05, 3.63) is 91.8 Å². The molecule has 0 spiro atoms. The molecule has 36 heavy (non-hydrogen) atoms. The topological polar surface area (TPSA) is 69.6 Å². The first-order chi connectivity index (χ1) is 16.9. The lowest BCUT2D eigenvalue weighted by Gasteiger charge is -2.19. The number of carbonyl (C=O) groups excluding carboxylic acids is 1. The van der Waals surface area contributed by atoms with E-state index >= 15 is 0 Å². The Kier molecular flexibility index (Phi) is 8.98. The quantitative estimate of drug-likeness (QED) is 0.312. The van der Waals surface area contributed by atoms with Crippen molar-refractivity contribution in [3.8, 4) is 5.75 Å². The van der Waals surface area contributed by atoms with Gasteiger partial charge in [0.25, 0.3) is 5.56 Å². The van der Waals surface area contributed by atoms with Crippen LogP contribution in [0.1, 0.15) is 42.4 Å². The fraction of sp³-hybridized carbons (Fsp3) is 0.308. The first-order valence-corrected chi connectivity index (χ1v) is 11.9. The molecule has 3 rings (SSSR count). The number of nitrogens with zero attached hydrogens (tertiary/aromatic N) is 1. The highest BCUT2D eigenvalue weighted by molar-refractivity contribution is 6.34. The van der Waals surface area contributed by atoms with Crippen LogP contribution in [-0.2, 0) is 24.2 Å². The van der Waals surface area contributed by atoms with E-state index in [4.69, 9.17) is 27.9 Å². The molecule has 6 nitrogen and oxygen atoms in total. The van der Waals surface area contributed by atoms with Crippen molar-refractivity contribution in [2.45, 2.75) is 52.5 Å². The number of hydrogen-bond donors (Lipinski definition) is 1. The zero-order valence-electron chi connectivity index (χ0n) is 20.0. The maximum Gasteiger partial charge on any atom is 0.387 e. The third kappa shape index (κ3) is 7.70. The minimum absolute atomic E-state index is 0.00409.